The van der Waals surface area contributed by atoms with Gasteiger partial charge >= 0.3 is 0 Å². The fraction of sp³-hybridized carbons (Fsp3) is 0.611. The summed E-state index contributed by atoms with van der Waals surface area (Å²) in [6, 6.07) is 5.99. The number of carbonyl (C=O) groups excluding carboxylic acids is 1. The summed E-state index contributed by atoms with van der Waals surface area (Å²) >= 11 is 6.07. The van der Waals surface area contributed by atoms with Gasteiger partial charge in [0.1, 0.15) is 5.75 Å². The van der Waals surface area contributed by atoms with Gasteiger partial charge in [0.05, 0.1) is 13.7 Å². The van der Waals surface area contributed by atoms with Crippen LogP contribution in [0.2, 0.25) is 5.02 Å². The van der Waals surface area contributed by atoms with Crippen molar-refractivity contribution in [2.24, 2.45) is 0 Å². The monoisotopic (exact) mass is 338 g/mol. The minimum atomic E-state index is 0.222. The lowest BCUT2D eigenvalue weighted by Gasteiger charge is -2.36. The van der Waals surface area contributed by atoms with E-state index >= 15 is 0 Å². The van der Waals surface area contributed by atoms with E-state index in [0.717, 1.165) is 37.1 Å². The first-order chi connectivity index (χ1) is 11.0. The molecule has 4 nitrogen and oxygen atoms in total. The molecule has 1 aromatic carbocycles. The van der Waals surface area contributed by atoms with E-state index in [1.807, 2.05) is 30.1 Å². The molecule has 23 heavy (non-hydrogen) atoms. The SMILES string of the molecule is CCC1CCCCN1C(=O)CN(C)Cc1cc(Cl)ccc1OC. The maximum absolute atomic E-state index is 12.6. The number of carbonyl (C=O) groups is 1. The third-order valence-electron chi connectivity index (χ3n) is 4.51. The lowest BCUT2D eigenvalue weighted by atomic mass is 10.00. The van der Waals surface area contributed by atoms with Crippen molar-refractivity contribution >= 4 is 17.5 Å². The highest BCUT2D eigenvalue weighted by atomic mass is 35.5. The van der Waals surface area contributed by atoms with Gasteiger partial charge in [0.25, 0.3) is 0 Å². The van der Waals surface area contributed by atoms with E-state index in [-0.39, 0.29) is 5.91 Å². The molecule has 0 spiro atoms. The molecule has 128 valence electrons. The fourth-order valence-corrected chi connectivity index (χ4v) is 3.49. The summed E-state index contributed by atoms with van der Waals surface area (Å²) in [7, 11) is 3.61. The molecule has 0 saturated carbocycles. The highest BCUT2D eigenvalue weighted by Gasteiger charge is 2.25. The molecular weight excluding hydrogens is 312 g/mol. The molecule has 1 atom stereocenters. The molecular formula is C18H27ClN2O2. The summed E-state index contributed by atoms with van der Waals surface area (Å²) in [5.74, 6) is 1.03. The van der Waals surface area contributed by atoms with Crippen LogP contribution in [0.1, 0.15) is 38.2 Å². The zero-order chi connectivity index (χ0) is 16.8. The largest absolute Gasteiger partial charge is 0.496 e. The first-order valence-electron chi connectivity index (χ1n) is 8.35. The van der Waals surface area contributed by atoms with Gasteiger partial charge < -0.3 is 9.64 Å². The maximum Gasteiger partial charge on any atom is 0.236 e. The number of ether oxygens (including phenoxy) is 1. The van der Waals surface area contributed by atoms with E-state index < -0.39 is 0 Å². The zero-order valence-corrected chi connectivity index (χ0v) is 15.1. The molecule has 1 aliphatic rings. The molecule has 1 aromatic rings. The summed E-state index contributed by atoms with van der Waals surface area (Å²) in [4.78, 5) is 16.7. The molecule has 0 bridgehead atoms. The van der Waals surface area contributed by atoms with E-state index in [2.05, 4.69) is 11.8 Å². The molecule has 1 aliphatic heterocycles. The second kappa shape index (κ2) is 8.55. The van der Waals surface area contributed by atoms with Gasteiger partial charge in [0, 0.05) is 29.7 Å². The van der Waals surface area contributed by atoms with Gasteiger partial charge in [-0.25, -0.2) is 0 Å². The average Bonchev–Trinajstić information content (AvgIpc) is 2.54. The van der Waals surface area contributed by atoms with Crippen molar-refractivity contribution in [3.05, 3.63) is 28.8 Å². The Kier molecular flexibility index (Phi) is 6.72. The van der Waals surface area contributed by atoms with Crippen LogP contribution in [0.25, 0.3) is 0 Å². The number of rotatable bonds is 6. The Balaban J connectivity index is 1.97. The van der Waals surface area contributed by atoms with Crippen LogP contribution in [-0.4, -0.2) is 49.0 Å². The number of benzene rings is 1. The van der Waals surface area contributed by atoms with Gasteiger partial charge in [-0.3, -0.25) is 9.69 Å². The standard InChI is InChI=1S/C18H27ClN2O2/c1-4-16-7-5-6-10-21(16)18(22)13-20(2)12-14-11-15(19)8-9-17(14)23-3/h8-9,11,16H,4-7,10,12-13H2,1-3H3. The third-order valence-corrected chi connectivity index (χ3v) is 4.74. The van der Waals surface area contributed by atoms with Crippen molar-refractivity contribution in [1.82, 2.24) is 9.80 Å². The lowest BCUT2D eigenvalue weighted by Crippen LogP contribution is -2.47. The zero-order valence-electron chi connectivity index (χ0n) is 14.3. The number of likely N-dealkylation sites (tertiary alicyclic amines) is 1. The topological polar surface area (TPSA) is 32.8 Å². The Labute approximate surface area is 144 Å². The molecule has 0 aromatic heterocycles. The number of methoxy groups -OCH3 is 1. The van der Waals surface area contributed by atoms with Gasteiger partial charge in [-0.05, 0) is 50.9 Å². The summed E-state index contributed by atoms with van der Waals surface area (Å²) in [6.07, 6.45) is 4.53. The fourth-order valence-electron chi connectivity index (χ4n) is 3.29. The predicted octanol–water partition coefficient (Wildman–Crippen LogP) is 3.57. The number of hydrogen-bond acceptors (Lipinski definition) is 3. The quantitative estimate of drug-likeness (QED) is 0.795. The number of amides is 1. The Bertz CT molecular complexity index is 536. The van der Waals surface area contributed by atoms with Crippen LogP contribution in [0.4, 0.5) is 0 Å². The molecule has 5 heteroatoms. The summed E-state index contributed by atoms with van der Waals surface area (Å²) in [5, 5.41) is 0.683. The Hall–Kier alpha value is -1.26. The van der Waals surface area contributed by atoms with Crippen molar-refractivity contribution in [2.75, 3.05) is 27.2 Å². The van der Waals surface area contributed by atoms with Gasteiger partial charge in [0.15, 0.2) is 0 Å². The third kappa shape index (κ3) is 4.85. The van der Waals surface area contributed by atoms with Crippen LogP contribution >= 0.6 is 11.6 Å². The van der Waals surface area contributed by atoms with Gasteiger partial charge in [-0.1, -0.05) is 18.5 Å². The first kappa shape index (κ1) is 18.1. The number of halogens is 1. The molecule has 1 unspecified atom stereocenters. The van der Waals surface area contributed by atoms with Crippen molar-refractivity contribution in [3.63, 3.8) is 0 Å². The first-order valence-corrected chi connectivity index (χ1v) is 8.73. The number of piperidine rings is 1. The van der Waals surface area contributed by atoms with E-state index in [1.165, 1.54) is 6.42 Å². The molecule has 0 radical (unpaired) electrons. The lowest BCUT2D eigenvalue weighted by molar-refractivity contribution is -0.136. The molecule has 1 fully saturated rings. The molecule has 2 rings (SSSR count). The van der Waals surface area contributed by atoms with Crippen LogP contribution in [0.5, 0.6) is 5.75 Å². The van der Waals surface area contributed by atoms with E-state index in [9.17, 15) is 4.79 Å². The minimum absolute atomic E-state index is 0.222. The van der Waals surface area contributed by atoms with Crippen molar-refractivity contribution < 1.29 is 9.53 Å². The van der Waals surface area contributed by atoms with Crippen LogP contribution in [0.15, 0.2) is 18.2 Å². The number of nitrogens with zero attached hydrogens (tertiary/aromatic N) is 2. The molecule has 1 saturated heterocycles. The summed E-state index contributed by atoms with van der Waals surface area (Å²) in [5.41, 5.74) is 1.00. The summed E-state index contributed by atoms with van der Waals surface area (Å²) in [6.45, 7) is 4.12. The van der Waals surface area contributed by atoms with E-state index in [1.54, 1.807) is 7.11 Å². The smallest absolute Gasteiger partial charge is 0.236 e. The summed E-state index contributed by atoms with van der Waals surface area (Å²) < 4.78 is 5.38. The van der Waals surface area contributed by atoms with E-state index in [0.29, 0.717) is 24.2 Å². The highest BCUT2D eigenvalue weighted by Crippen LogP contribution is 2.24. The minimum Gasteiger partial charge on any atom is -0.496 e. The second-order valence-corrected chi connectivity index (χ2v) is 6.71. The van der Waals surface area contributed by atoms with Crippen molar-refractivity contribution in [1.29, 1.82) is 0 Å². The normalized spacial score (nSPS) is 18.3. The number of hydrogen-bond donors (Lipinski definition) is 0. The van der Waals surface area contributed by atoms with Crippen molar-refractivity contribution in [3.8, 4) is 5.75 Å². The van der Waals surface area contributed by atoms with E-state index in [4.69, 9.17) is 16.3 Å². The molecule has 1 heterocycles. The Morgan fingerprint density at radius 2 is 2.22 bits per heavy atom. The second-order valence-electron chi connectivity index (χ2n) is 6.27. The van der Waals surface area contributed by atoms with Crippen LogP contribution in [0.3, 0.4) is 0 Å². The average molecular weight is 339 g/mol. The van der Waals surface area contributed by atoms with Crippen LogP contribution in [0, 0.1) is 0 Å². The molecule has 1 amide bonds. The number of likely N-dealkylation sites (N-methyl/N-ethyl adjacent to an activating group) is 1. The molecule has 0 N–H and O–H groups in total. The predicted molar refractivity (Wildman–Crippen MR) is 94.0 cm³/mol. The highest BCUT2D eigenvalue weighted by molar-refractivity contribution is 6.30. The van der Waals surface area contributed by atoms with Crippen LogP contribution in [-0.2, 0) is 11.3 Å². The Morgan fingerprint density at radius 3 is 2.91 bits per heavy atom. The van der Waals surface area contributed by atoms with Crippen molar-refractivity contribution in [2.45, 2.75) is 45.2 Å². The molecule has 0 aliphatic carbocycles. The Morgan fingerprint density at radius 1 is 1.43 bits per heavy atom. The van der Waals surface area contributed by atoms with Gasteiger partial charge in [-0.2, -0.15) is 0 Å². The maximum atomic E-state index is 12.6. The van der Waals surface area contributed by atoms with Gasteiger partial charge in [-0.15, -0.1) is 0 Å². The van der Waals surface area contributed by atoms with Crippen LogP contribution < -0.4 is 4.74 Å². The van der Waals surface area contributed by atoms with Gasteiger partial charge in [0.2, 0.25) is 5.91 Å².